The number of carbonyl (C=O) groups excluding carboxylic acids is 1. The van der Waals surface area contributed by atoms with Gasteiger partial charge in [-0.05, 0) is 56.0 Å². The minimum atomic E-state index is -0.529. The third kappa shape index (κ3) is 4.18. The molecule has 0 radical (unpaired) electrons. The summed E-state index contributed by atoms with van der Waals surface area (Å²) in [4.78, 5) is 30.0. The third-order valence-corrected chi connectivity index (χ3v) is 7.70. The van der Waals surface area contributed by atoms with E-state index in [-0.39, 0.29) is 32.6 Å². The van der Waals surface area contributed by atoms with Gasteiger partial charge in [-0.2, -0.15) is 0 Å². The van der Waals surface area contributed by atoms with Gasteiger partial charge in [0.2, 0.25) is 0 Å². The maximum absolute atomic E-state index is 14.8. The molecule has 0 aliphatic carbocycles. The van der Waals surface area contributed by atoms with Gasteiger partial charge in [0.15, 0.2) is 0 Å². The zero-order valence-corrected chi connectivity index (χ0v) is 19.6. The van der Waals surface area contributed by atoms with Crippen LogP contribution in [0.15, 0.2) is 35.3 Å². The van der Waals surface area contributed by atoms with Crippen molar-refractivity contribution in [1.29, 1.82) is 0 Å². The average molecular weight is 491 g/mol. The second-order valence-corrected chi connectivity index (χ2v) is 9.98. The molecule has 9 heteroatoms. The Labute approximate surface area is 200 Å². The first kappa shape index (κ1) is 22.4. The number of hydrogen-bond donors (Lipinski definition) is 2. The van der Waals surface area contributed by atoms with E-state index in [4.69, 9.17) is 23.2 Å². The Balaban J connectivity index is 1.43. The number of hydrogen-bond acceptors (Lipinski definition) is 3. The van der Waals surface area contributed by atoms with Crippen LogP contribution in [0.25, 0.3) is 5.52 Å². The van der Waals surface area contributed by atoms with E-state index in [1.807, 2.05) is 0 Å². The first-order valence-corrected chi connectivity index (χ1v) is 12.0. The van der Waals surface area contributed by atoms with Gasteiger partial charge < -0.3 is 15.2 Å². The Hall–Kier alpha value is -2.35. The Morgan fingerprint density at radius 1 is 1.18 bits per heavy atom. The van der Waals surface area contributed by atoms with Gasteiger partial charge in [-0.15, -0.1) is 0 Å². The maximum atomic E-state index is 14.8. The van der Waals surface area contributed by atoms with Gasteiger partial charge in [0, 0.05) is 43.4 Å². The van der Waals surface area contributed by atoms with Crippen molar-refractivity contribution in [1.82, 2.24) is 19.6 Å². The summed E-state index contributed by atoms with van der Waals surface area (Å²) in [7, 11) is 0. The van der Waals surface area contributed by atoms with Crippen LogP contribution in [0.4, 0.5) is 4.39 Å². The normalized spacial score (nSPS) is 21.1. The van der Waals surface area contributed by atoms with Crippen LogP contribution in [-0.2, 0) is 6.42 Å². The van der Waals surface area contributed by atoms with Gasteiger partial charge in [0.25, 0.3) is 11.5 Å². The second-order valence-electron chi connectivity index (χ2n) is 9.21. The van der Waals surface area contributed by atoms with E-state index in [1.54, 1.807) is 27.6 Å². The van der Waals surface area contributed by atoms with Crippen LogP contribution in [0.5, 0.6) is 0 Å². The highest BCUT2D eigenvalue weighted by Crippen LogP contribution is 2.36. The van der Waals surface area contributed by atoms with E-state index in [9.17, 15) is 14.0 Å². The van der Waals surface area contributed by atoms with Crippen LogP contribution >= 0.6 is 23.2 Å². The fourth-order valence-electron chi connectivity index (χ4n) is 5.31. The lowest BCUT2D eigenvalue weighted by Crippen LogP contribution is -2.52. The molecule has 33 heavy (non-hydrogen) atoms. The number of halogens is 3. The number of H-pyrrole nitrogens is 1. The molecule has 2 saturated heterocycles. The lowest BCUT2D eigenvalue weighted by Gasteiger charge is -2.45. The predicted molar refractivity (Wildman–Crippen MR) is 127 cm³/mol. The molecule has 1 spiro atoms. The lowest BCUT2D eigenvalue weighted by molar-refractivity contribution is 0.0430. The van der Waals surface area contributed by atoms with Crippen LogP contribution in [0.1, 0.15) is 47.3 Å². The molecule has 4 heterocycles. The minimum absolute atomic E-state index is 0.0747. The van der Waals surface area contributed by atoms with Crippen LogP contribution in [0, 0.1) is 11.2 Å². The monoisotopic (exact) mass is 490 g/mol. The third-order valence-electron chi connectivity index (χ3n) is 6.94. The Kier molecular flexibility index (Phi) is 5.97. The average Bonchev–Trinajstić information content (AvgIpc) is 3.12. The molecule has 6 nitrogen and oxygen atoms in total. The number of benzene rings is 1. The highest BCUT2D eigenvalue weighted by atomic mass is 35.5. The number of aromatic nitrogens is 2. The van der Waals surface area contributed by atoms with Crippen LogP contribution in [0.2, 0.25) is 10.2 Å². The number of aromatic amines is 1. The summed E-state index contributed by atoms with van der Waals surface area (Å²) >= 11 is 12.4. The van der Waals surface area contributed by atoms with Crippen LogP contribution in [-0.4, -0.2) is 46.4 Å². The summed E-state index contributed by atoms with van der Waals surface area (Å²) in [5, 5.41) is 3.98. The molecule has 0 saturated carbocycles. The molecule has 2 fully saturated rings. The minimum Gasteiger partial charge on any atom is -0.338 e. The fourth-order valence-corrected chi connectivity index (χ4v) is 5.75. The van der Waals surface area contributed by atoms with Crippen molar-refractivity contribution >= 4 is 34.6 Å². The van der Waals surface area contributed by atoms with Crippen molar-refractivity contribution in [2.45, 2.75) is 32.1 Å². The molecule has 1 unspecified atom stereocenters. The Morgan fingerprint density at radius 2 is 2.00 bits per heavy atom. The Bertz CT molecular complexity index is 1270. The van der Waals surface area contributed by atoms with Crippen molar-refractivity contribution in [2.24, 2.45) is 5.41 Å². The van der Waals surface area contributed by atoms with Gasteiger partial charge in [-0.1, -0.05) is 29.3 Å². The van der Waals surface area contributed by atoms with Crippen LogP contribution < -0.4 is 10.9 Å². The molecule has 2 aliphatic rings. The van der Waals surface area contributed by atoms with Crippen molar-refractivity contribution in [3.05, 3.63) is 73.6 Å². The second kappa shape index (κ2) is 8.78. The predicted octanol–water partition coefficient (Wildman–Crippen LogP) is 4.27. The first-order valence-electron chi connectivity index (χ1n) is 11.2. The smallest absolute Gasteiger partial charge is 0.272 e. The Morgan fingerprint density at radius 3 is 2.79 bits per heavy atom. The molecule has 2 aromatic heterocycles. The fraction of sp³-hybridized carbons (Fsp3) is 0.417. The summed E-state index contributed by atoms with van der Waals surface area (Å²) in [6, 6.07) is 6.09. The molecular weight excluding hydrogens is 466 g/mol. The lowest BCUT2D eigenvalue weighted by atomic mass is 9.74. The number of nitrogens with one attached hydrogen (secondary N) is 2. The van der Waals surface area contributed by atoms with Gasteiger partial charge in [0.1, 0.15) is 16.5 Å². The molecule has 174 valence electrons. The summed E-state index contributed by atoms with van der Waals surface area (Å²) in [5.41, 5.74) is 1.60. The quantitative estimate of drug-likeness (QED) is 0.575. The standard InChI is InChI=1S/C24H25Cl2FN4O2/c25-18-11-20-22(32)29-12-16(31(20)21(18)26)9-15-3-4-19(27)17(10-15)23(33)30-8-2-6-24(14-30)5-1-7-28-13-24/h3-4,10-12,28H,1-2,5-9,13-14H2,(H,29,32). The summed E-state index contributed by atoms with van der Waals surface area (Å²) < 4.78 is 16.4. The van der Waals surface area contributed by atoms with E-state index < -0.39 is 5.82 Å². The molecule has 1 atom stereocenters. The number of piperidine rings is 2. The van der Waals surface area contributed by atoms with Crippen molar-refractivity contribution in [3.8, 4) is 0 Å². The molecular formula is C24H25Cl2FN4O2. The number of fused-ring (bicyclic) bond motifs is 1. The van der Waals surface area contributed by atoms with Gasteiger partial charge in [-0.3, -0.25) is 14.0 Å². The number of amides is 1. The van der Waals surface area contributed by atoms with E-state index >= 15 is 0 Å². The zero-order valence-electron chi connectivity index (χ0n) is 18.1. The van der Waals surface area contributed by atoms with E-state index in [0.29, 0.717) is 30.7 Å². The number of carbonyl (C=O) groups is 1. The summed E-state index contributed by atoms with van der Waals surface area (Å²) in [6.07, 6.45) is 6.12. The number of rotatable bonds is 3. The summed E-state index contributed by atoms with van der Waals surface area (Å²) in [6.45, 7) is 3.21. The maximum Gasteiger partial charge on any atom is 0.272 e. The van der Waals surface area contributed by atoms with Crippen LogP contribution in [0.3, 0.4) is 0 Å². The van der Waals surface area contributed by atoms with Crippen molar-refractivity contribution in [2.75, 3.05) is 26.2 Å². The van der Waals surface area contributed by atoms with Crippen molar-refractivity contribution in [3.63, 3.8) is 0 Å². The molecule has 2 aliphatic heterocycles. The molecule has 3 aromatic rings. The highest BCUT2D eigenvalue weighted by molar-refractivity contribution is 6.42. The molecule has 2 N–H and O–H groups in total. The van der Waals surface area contributed by atoms with Gasteiger partial charge in [0.05, 0.1) is 10.6 Å². The molecule has 1 aromatic carbocycles. The SMILES string of the molecule is O=C(c1cc(Cc2c[nH]c(=O)c3cc(Cl)c(Cl)n23)ccc1F)N1CCCC2(CCCNC2)C1. The molecule has 0 bridgehead atoms. The zero-order chi connectivity index (χ0) is 23.2. The van der Waals surface area contributed by atoms with E-state index in [0.717, 1.165) is 44.3 Å². The van der Waals surface area contributed by atoms with Gasteiger partial charge in [-0.25, -0.2) is 4.39 Å². The molecule has 1 amide bonds. The largest absolute Gasteiger partial charge is 0.338 e. The first-order chi connectivity index (χ1) is 15.9. The van der Waals surface area contributed by atoms with Crippen molar-refractivity contribution < 1.29 is 9.18 Å². The number of likely N-dealkylation sites (tertiary alicyclic amines) is 1. The van der Waals surface area contributed by atoms with E-state index in [1.165, 1.54) is 12.1 Å². The van der Waals surface area contributed by atoms with E-state index in [2.05, 4.69) is 10.3 Å². The van der Waals surface area contributed by atoms with Gasteiger partial charge >= 0.3 is 0 Å². The number of nitrogens with zero attached hydrogens (tertiary/aromatic N) is 2. The topological polar surface area (TPSA) is 69.6 Å². The highest BCUT2D eigenvalue weighted by Gasteiger charge is 2.38. The molecule has 5 rings (SSSR count). The summed E-state index contributed by atoms with van der Waals surface area (Å²) in [5.74, 6) is -0.800.